The van der Waals surface area contributed by atoms with Gasteiger partial charge in [-0.2, -0.15) is 0 Å². The van der Waals surface area contributed by atoms with Gasteiger partial charge in [0.05, 0.1) is 11.4 Å². The zero-order valence-electron chi connectivity index (χ0n) is 14.7. The van der Waals surface area contributed by atoms with Crippen LogP contribution in [-0.4, -0.2) is 23.2 Å². The molecule has 1 N–H and O–H groups in total. The van der Waals surface area contributed by atoms with Crippen molar-refractivity contribution in [2.45, 2.75) is 0 Å². The number of nitrogens with zero attached hydrogens (tertiary/aromatic N) is 1. The van der Waals surface area contributed by atoms with Crippen LogP contribution < -0.4 is 9.47 Å². The summed E-state index contributed by atoms with van der Waals surface area (Å²) in [4.78, 5) is 8.44. The molecule has 0 aliphatic carbocycles. The number of hydrogen-bond donors (Lipinski definition) is 1. The Morgan fingerprint density at radius 3 is 2.07 bits per heavy atom. The molecular formula is C23H18N2O2. The van der Waals surface area contributed by atoms with E-state index in [1.165, 1.54) is 0 Å². The average Bonchev–Trinajstić information content (AvgIpc) is 3.20. The van der Waals surface area contributed by atoms with Crippen LogP contribution in [0, 0.1) is 0 Å². The number of ether oxygens (including phenoxy) is 2. The van der Waals surface area contributed by atoms with Crippen LogP contribution in [-0.2, 0) is 0 Å². The normalized spacial score (nSPS) is 12.7. The summed E-state index contributed by atoms with van der Waals surface area (Å²) in [6.45, 7) is 1.16. The van der Waals surface area contributed by atoms with E-state index < -0.39 is 0 Å². The second-order valence-corrected chi connectivity index (χ2v) is 6.40. The topological polar surface area (TPSA) is 47.1 Å². The third-order valence-electron chi connectivity index (χ3n) is 4.63. The molecule has 4 nitrogen and oxygen atoms in total. The molecule has 4 aromatic rings. The average molecular weight is 354 g/mol. The minimum Gasteiger partial charge on any atom is -0.486 e. The van der Waals surface area contributed by atoms with Crippen molar-refractivity contribution in [2.75, 3.05) is 13.2 Å². The number of fused-ring (bicyclic) bond motifs is 1. The van der Waals surface area contributed by atoms with Gasteiger partial charge in [0.25, 0.3) is 0 Å². The van der Waals surface area contributed by atoms with Gasteiger partial charge in [-0.25, -0.2) is 4.98 Å². The van der Waals surface area contributed by atoms with Crippen molar-refractivity contribution in [1.29, 1.82) is 0 Å². The molecule has 0 spiro atoms. The van der Waals surface area contributed by atoms with Crippen LogP contribution in [0.4, 0.5) is 0 Å². The lowest BCUT2D eigenvalue weighted by molar-refractivity contribution is 0.171. The monoisotopic (exact) mass is 354 g/mol. The third-order valence-corrected chi connectivity index (χ3v) is 4.63. The Balaban J connectivity index is 1.65. The summed E-state index contributed by atoms with van der Waals surface area (Å²) in [5, 5.41) is 0. The van der Waals surface area contributed by atoms with Gasteiger partial charge in [-0.3, -0.25) is 0 Å². The molecule has 0 radical (unpaired) electrons. The molecule has 0 amide bonds. The third kappa shape index (κ3) is 2.95. The summed E-state index contributed by atoms with van der Waals surface area (Å²) in [6.07, 6.45) is 0. The van der Waals surface area contributed by atoms with Gasteiger partial charge < -0.3 is 14.5 Å². The van der Waals surface area contributed by atoms with Gasteiger partial charge in [0.1, 0.15) is 19.0 Å². The van der Waals surface area contributed by atoms with E-state index in [0.29, 0.717) is 13.2 Å². The molecule has 0 saturated carbocycles. The lowest BCUT2D eigenvalue weighted by Crippen LogP contribution is -2.15. The van der Waals surface area contributed by atoms with Gasteiger partial charge in [0.2, 0.25) is 0 Å². The van der Waals surface area contributed by atoms with E-state index in [-0.39, 0.29) is 0 Å². The van der Waals surface area contributed by atoms with Crippen LogP contribution in [0.25, 0.3) is 33.9 Å². The summed E-state index contributed by atoms with van der Waals surface area (Å²) in [5.74, 6) is 2.35. The highest BCUT2D eigenvalue weighted by molar-refractivity contribution is 5.81. The fourth-order valence-corrected chi connectivity index (χ4v) is 3.32. The minimum atomic E-state index is 0.569. The van der Waals surface area contributed by atoms with E-state index in [1.54, 1.807) is 0 Å². The Kier molecular flexibility index (Phi) is 3.87. The maximum atomic E-state index is 5.73. The first-order valence-corrected chi connectivity index (χ1v) is 8.99. The summed E-state index contributed by atoms with van der Waals surface area (Å²) in [5.41, 5.74) is 5.10. The van der Waals surface area contributed by atoms with E-state index in [2.05, 4.69) is 29.2 Å². The van der Waals surface area contributed by atoms with Crippen molar-refractivity contribution in [3.8, 4) is 45.4 Å². The van der Waals surface area contributed by atoms with Gasteiger partial charge in [0.15, 0.2) is 11.5 Å². The van der Waals surface area contributed by atoms with Crippen LogP contribution >= 0.6 is 0 Å². The molecule has 1 aromatic heterocycles. The van der Waals surface area contributed by atoms with Crippen LogP contribution in [0.5, 0.6) is 11.5 Å². The maximum absolute atomic E-state index is 5.73. The zero-order valence-corrected chi connectivity index (χ0v) is 14.7. The summed E-state index contributed by atoms with van der Waals surface area (Å²) < 4.78 is 11.4. The number of aromatic amines is 1. The second kappa shape index (κ2) is 6.65. The van der Waals surface area contributed by atoms with Gasteiger partial charge in [0, 0.05) is 16.7 Å². The van der Waals surface area contributed by atoms with Crippen LogP contribution in [0.2, 0.25) is 0 Å². The number of imidazole rings is 1. The van der Waals surface area contributed by atoms with Crippen molar-refractivity contribution in [3.63, 3.8) is 0 Å². The molecule has 0 unspecified atom stereocenters. The van der Waals surface area contributed by atoms with Crippen LogP contribution in [0.1, 0.15) is 0 Å². The Labute approximate surface area is 157 Å². The SMILES string of the molecule is c1ccc(-c2nc(-c3ccc4c(c3)OCCO4)[nH]c2-c2ccccc2)cc1. The van der Waals surface area contributed by atoms with E-state index in [0.717, 1.165) is 45.4 Å². The standard InChI is InChI=1S/C23H18N2O2/c1-3-7-16(8-4-1)21-22(17-9-5-2-6-10-17)25-23(24-21)18-11-12-19-20(15-18)27-14-13-26-19/h1-12,15H,13-14H2,(H,24,25). The molecule has 0 fully saturated rings. The van der Waals surface area contributed by atoms with Crippen molar-refractivity contribution in [3.05, 3.63) is 78.9 Å². The molecule has 0 atom stereocenters. The molecular weight excluding hydrogens is 336 g/mol. The molecule has 1 aliphatic rings. The Morgan fingerprint density at radius 1 is 0.667 bits per heavy atom. The molecule has 1 aliphatic heterocycles. The quantitative estimate of drug-likeness (QED) is 0.551. The van der Waals surface area contributed by atoms with Gasteiger partial charge in [-0.1, -0.05) is 60.7 Å². The van der Waals surface area contributed by atoms with Gasteiger partial charge >= 0.3 is 0 Å². The van der Waals surface area contributed by atoms with Crippen molar-refractivity contribution in [2.24, 2.45) is 0 Å². The first-order chi connectivity index (χ1) is 13.4. The Hall–Kier alpha value is -3.53. The second-order valence-electron chi connectivity index (χ2n) is 6.40. The van der Waals surface area contributed by atoms with Crippen LogP contribution in [0.15, 0.2) is 78.9 Å². The lowest BCUT2D eigenvalue weighted by atomic mass is 10.1. The van der Waals surface area contributed by atoms with Gasteiger partial charge in [-0.15, -0.1) is 0 Å². The van der Waals surface area contributed by atoms with Gasteiger partial charge in [-0.05, 0) is 18.2 Å². The number of hydrogen-bond acceptors (Lipinski definition) is 3. The molecule has 0 saturated heterocycles. The molecule has 0 bridgehead atoms. The number of rotatable bonds is 3. The first kappa shape index (κ1) is 15.7. The highest BCUT2D eigenvalue weighted by Gasteiger charge is 2.17. The van der Waals surface area contributed by atoms with Crippen LogP contribution in [0.3, 0.4) is 0 Å². The predicted molar refractivity (Wildman–Crippen MR) is 106 cm³/mol. The highest BCUT2D eigenvalue weighted by Crippen LogP contribution is 2.37. The largest absolute Gasteiger partial charge is 0.486 e. The Morgan fingerprint density at radius 2 is 1.33 bits per heavy atom. The molecule has 4 heteroatoms. The summed E-state index contributed by atoms with van der Waals surface area (Å²) >= 11 is 0. The van der Waals surface area contributed by atoms with E-state index >= 15 is 0 Å². The maximum Gasteiger partial charge on any atom is 0.162 e. The molecule has 132 valence electrons. The smallest absolute Gasteiger partial charge is 0.162 e. The molecule has 27 heavy (non-hydrogen) atoms. The number of H-pyrrole nitrogens is 1. The van der Waals surface area contributed by atoms with Crippen molar-refractivity contribution < 1.29 is 9.47 Å². The highest BCUT2D eigenvalue weighted by atomic mass is 16.6. The zero-order chi connectivity index (χ0) is 18.1. The lowest BCUT2D eigenvalue weighted by Gasteiger charge is -2.18. The molecule has 3 aromatic carbocycles. The molecule has 2 heterocycles. The fraction of sp³-hybridized carbons (Fsp3) is 0.0870. The van der Waals surface area contributed by atoms with Crippen molar-refractivity contribution >= 4 is 0 Å². The van der Waals surface area contributed by atoms with E-state index in [9.17, 15) is 0 Å². The number of benzene rings is 3. The number of aromatic nitrogens is 2. The summed E-state index contributed by atoms with van der Waals surface area (Å²) in [7, 11) is 0. The van der Waals surface area contributed by atoms with E-state index in [4.69, 9.17) is 14.5 Å². The minimum absolute atomic E-state index is 0.569. The predicted octanol–water partition coefficient (Wildman–Crippen LogP) is 5.18. The Bertz CT molecular complexity index is 1020. The van der Waals surface area contributed by atoms with E-state index in [1.807, 2.05) is 54.6 Å². The van der Waals surface area contributed by atoms with Crippen molar-refractivity contribution in [1.82, 2.24) is 9.97 Å². The first-order valence-electron chi connectivity index (χ1n) is 8.99. The molecule has 5 rings (SSSR count). The summed E-state index contributed by atoms with van der Waals surface area (Å²) in [6, 6.07) is 26.4. The fourth-order valence-electron chi connectivity index (χ4n) is 3.32. The number of nitrogens with one attached hydrogen (secondary N) is 1.